The van der Waals surface area contributed by atoms with Crippen molar-refractivity contribution in [3.8, 4) is 5.75 Å². The number of aromatic nitrogens is 1. The molecule has 1 N–H and O–H groups in total. The molecule has 1 aromatic heterocycles. The number of pyridine rings is 1. The average Bonchev–Trinajstić information content (AvgIpc) is 2.97. The van der Waals surface area contributed by atoms with Crippen LogP contribution in [-0.4, -0.2) is 18.0 Å². The van der Waals surface area contributed by atoms with Gasteiger partial charge in [-0.2, -0.15) is 0 Å². The van der Waals surface area contributed by atoms with Crippen molar-refractivity contribution in [2.45, 2.75) is 20.0 Å². The monoisotopic (exact) mass is 359 g/mol. The summed E-state index contributed by atoms with van der Waals surface area (Å²) in [7, 11) is 1.63. The zero-order valence-corrected chi connectivity index (χ0v) is 15.6. The summed E-state index contributed by atoms with van der Waals surface area (Å²) < 4.78 is 5.24. The van der Waals surface area contributed by atoms with Crippen molar-refractivity contribution in [3.05, 3.63) is 83.2 Å². The molecule has 2 heterocycles. The maximum absolute atomic E-state index is 13.1. The van der Waals surface area contributed by atoms with Gasteiger partial charge in [0.1, 0.15) is 5.75 Å². The number of fused-ring (bicyclic) bond motifs is 1. The first-order chi connectivity index (χ1) is 13.1. The molecular formula is C22H21N3O2. The van der Waals surface area contributed by atoms with Gasteiger partial charge in [0, 0.05) is 17.6 Å². The van der Waals surface area contributed by atoms with E-state index in [2.05, 4.69) is 36.3 Å². The zero-order valence-electron chi connectivity index (χ0n) is 15.6. The molecule has 1 atom stereocenters. The van der Waals surface area contributed by atoms with Gasteiger partial charge >= 0.3 is 0 Å². The summed E-state index contributed by atoms with van der Waals surface area (Å²) in [6.45, 7) is 4.12. The lowest BCUT2D eigenvalue weighted by Crippen LogP contribution is -2.32. The highest BCUT2D eigenvalue weighted by atomic mass is 16.5. The second-order valence-corrected chi connectivity index (χ2v) is 6.62. The number of hydrogen-bond acceptors (Lipinski definition) is 4. The van der Waals surface area contributed by atoms with Crippen LogP contribution in [0.25, 0.3) is 0 Å². The van der Waals surface area contributed by atoms with E-state index in [-0.39, 0.29) is 12.1 Å². The summed E-state index contributed by atoms with van der Waals surface area (Å²) in [4.78, 5) is 19.4. The third kappa shape index (κ3) is 2.91. The van der Waals surface area contributed by atoms with Crippen molar-refractivity contribution in [1.82, 2.24) is 4.98 Å². The summed E-state index contributed by atoms with van der Waals surface area (Å²) in [5.74, 6) is 0.687. The number of carbonyl (C=O) groups excluding carboxylic acids is 1. The predicted molar refractivity (Wildman–Crippen MR) is 106 cm³/mol. The van der Waals surface area contributed by atoms with Gasteiger partial charge in [0.15, 0.2) is 6.17 Å². The molecule has 1 aliphatic heterocycles. The minimum absolute atomic E-state index is 0.0630. The van der Waals surface area contributed by atoms with E-state index < -0.39 is 0 Å². The lowest BCUT2D eigenvalue weighted by Gasteiger charge is -2.28. The number of rotatable bonds is 4. The molecule has 0 bridgehead atoms. The molecule has 27 heavy (non-hydrogen) atoms. The molecule has 0 saturated carbocycles. The highest BCUT2D eigenvalue weighted by molar-refractivity contribution is 6.11. The molecule has 5 heteroatoms. The molecule has 1 unspecified atom stereocenters. The van der Waals surface area contributed by atoms with Crippen LogP contribution in [0, 0.1) is 13.8 Å². The Morgan fingerprint density at radius 1 is 1.00 bits per heavy atom. The van der Waals surface area contributed by atoms with Gasteiger partial charge in [-0.3, -0.25) is 14.7 Å². The molecule has 4 rings (SSSR count). The Bertz CT molecular complexity index is 978. The summed E-state index contributed by atoms with van der Waals surface area (Å²) >= 11 is 0. The molecule has 136 valence electrons. The van der Waals surface area contributed by atoms with Crippen molar-refractivity contribution in [1.29, 1.82) is 0 Å². The third-order valence-corrected chi connectivity index (χ3v) is 4.92. The zero-order chi connectivity index (χ0) is 19.0. The fraction of sp³-hybridized carbons (Fsp3) is 0.182. The summed E-state index contributed by atoms with van der Waals surface area (Å²) in [6.07, 6.45) is 1.35. The van der Waals surface area contributed by atoms with E-state index in [1.807, 2.05) is 36.4 Å². The Morgan fingerprint density at radius 2 is 1.70 bits per heavy atom. The molecule has 3 aromatic rings. The van der Waals surface area contributed by atoms with Crippen molar-refractivity contribution in [3.63, 3.8) is 0 Å². The Morgan fingerprint density at radius 3 is 2.37 bits per heavy atom. The van der Waals surface area contributed by atoms with E-state index in [0.29, 0.717) is 5.56 Å². The second kappa shape index (κ2) is 6.76. The number of methoxy groups -OCH3 is 1. The average molecular weight is 359 g/mol. The van der Waals surface area contributed by atoms with Crippen LogP contribution in [0.15, 0.2) is 60.8 Å². The van der Waals surface area contributed by atoms with Crippen LogP contribution >= 0.6 is 0 Å². The van der Waals surface area contributed by atoms with Crippen LogP contribution in [0.2, 0.25) is 0 Å². The van der Waals surface area contributed by atoms with Crippen LogP contribution in [-0.2, 0) is 0 Å². The number of amides is 1. The maximum Gasteiger partial charge on any atom is 0.262 e. The second-order valence-electron chi connectivity index (χ2n) is 6.62. The number of nitrogens with zero attached hydrogens (tertiary/aromatic N) is 2. The lowest BCUT2D eigenvalue weighted by atomic mass is 10.1. The SMILES string of the molecule is COc1ccc(N2C(=O)c3cccnc3C2Nc2c(C)cccc2C)cc1. The van der Waals surface area contributed by atoms with E-state index in [1.165, 1.54) is 0 Å². The number of para-hydroxylation sites is 1. The number of hydrogen-bond donors (Lipinski definition) is 1. The number of nitrogens with one attached hydrogen (secondary N) is 1. The molecule has 5 nitrogen and oxygen atoms in total. The summed E-state index contributed by atoms with van der Waals surface area (Å²) in [6, 6.07) is 17.3. The summed E-state index contributed by atoms with van der Waals surface area (Å²) in [5, 5.41) is 3.55. The number of ether oxygens (including phenoxy) is 1. The first kappa shape index (κ1) is 17.1. The minimum Gasteiger partial charge on any atom is -0.497 e. The molecule has 1 amide bonds. The van der Waals surface area contributed by atoms with Gasteiger partial charge in [0.2, 0.25) is 0 Å². The van der Waals surface area contributed by atoms with E-state index in [4.69, 9.17) is 4.74 Å². The minimum atomic E-state index is -0.373. The van der Waals surface area contributed by atoms with Crippen LogP contribution in [0.1, 0.15) is 33.3 Å². The number of carbonyl (C=O) groups is 1. The largest absolute Gasteiger partial charge is 0.497 e. The molecule has 0 fully saturated rings. The van der Waals surface area contributed by atoms with Crippen LogP contribution in [0.5, 0.6) is 5.75 Å². The number of anilines is 2. The standard InChI is InChI=1S/C22H21N3O2/c1-14-6-4-7-15(2)19(14)24-21-20-18(8-5-13-23-20)22(26)25(21)16-9-11-17(27-3)12-10-16/h4-13,21,24H,1-3H3. The van der Waals surface area contributed by atoms with E-state index in [9.17, 15) is 4.79 Å². The third-order valence-electron chi connectivity index (χ3n) is 4.92. The van der Waals surface area contributed by atoms with Crippen molar-refractivity contribution in [2.75, 3.05) is 17.3 Å². The Balaban J connectivity index is 1.80. The van der Waals surface area contributed by atoms with Crippen LogP contribution < -0.4 is 15.0 Å². The van der Waals surface area contributed by atoms with E-state index >= 15 is 0 Å². The first-order valence-electron chi connectivity index (χ1n) is 8.85. The number of benzene rings is 2. The fourth-order valence-corrected chi connectivity index (χ4v) is 3.51. The Labute approximate surface area is 158 Å². The van der Waals surface area contributed by atoms with Gasteiger partial charge in [-0.15, -0.1) is 0 Å². The van der Waals surface area contributed by atoms with Gasteiger partial charge in [0.05, 0.1) is 18.4 Å². The Hall–Kier alpha value is -3.34. The number of aryl methyl sites for hydroxylation is 2. The maximum atomic E-state index is 13.1. The van der Waals surface area contributed by atoms with Crippen LogP contribution in [0.4, 0.5) is 11.4 Å². The molecule has 0 radical (unpaired) electrons. The quantitative estimate of drug-likeness (QED) is 0.746. The van der Waals surface area contributed by atoms with Crippen LogP contribution in [0.3, 0.4) is 0 Å². The smallest absolute Gasteiger partial charge is 0.262 e. The molecule has 2 aromatic carbocycles. The molecule has 0 saturated heterocycles. The van der Waals surface area contributed by atoms with Crippen molar-refractivity contribution < 1.29 is 9.53 Å². The molecule has 0 spiro atoms. The van der Waals surface area contributed by atoms with Gasteiger partial charge in [-0.05, 0) is 61.4 Å². The van der Waals surface area contributed by atoms with Gasteiger partial charge in [-0.1, -0.05) is 18.2 Å². The molecular weight excluding hydrogens is 338 g/mol. The Kier molecular flexibility index (Phi) is 4.28. The van der Waals surface area contributed by atoms with Crippen molar-refractivity contribution in [2.24, 2.45) is 0 Å². The van der Waals surface area contributed by atoms with E-state index in [0.717, 1.165) is 33.9 Å². The normalized spacial score (nSPS) is 15.6. The molecule has 1 aliphatic rings. The molecule has 0 aliphatic carbocycles. The van der Waals surface area contributed by atoms with Gasteiger partial charge < -0.3 is 10.1 Å². The fourth-order valence-electron chi connectivity index (χ4n) is 3.51. The summed E-state index contributed by atoms with van der Waals surface area (Å²) in [5.41, 5.74) is 5.43. The predicted octanol–water partition coefficient (Wildman–Crippen LogP) is 4.48. The van der Waals surface area contributed by atoms with Gasteiger partial charge in [-0.25, -0.2) is 0 Å². The first-order valence-corrected chi connectivity index (χ1v) is 8.85. The van der Waals surface area contributed by atoms with Crippen molar-refractivity contribution >= 4 is 17.3 Å². The van der Waals surface area contributed by atoms with Gasteiger partial charge in [0.25, 0.3) is 5.91 Å². The van der Waals surface area contributed by atoms with E-state index in [1.54, 1.807) is 24.3 Å². The lowest BCUT2D eigenvalue weighted by molar-refractivity contribution is 0.0993. The highest BCUT2D eigenvalue weighted by Crippen LogP contribution is 2.38. The topological polar surface area (TPSA) is 54.5 Å². The highest BCUT2D eigenvalue weighted by Gasteiger charge is 2.39.